The van der Waals surface area contributed by atoms with Crippen molar-refractivity contribution in [3.63, 3.8) is 0 Å². The molecule has 0 bridgehead atoms. The second-order valence-corrected chi connectivity index (χ2v) is 16.9. The molecule has 2 fully saturated rings. The molecule has 0 aliphatic heterocycles. The molecule has 2 unspecified atom stereocenters. The van der Waals surface area contributed by atoms with Crippen molar-refractivity contribution in [2.24, 2.45) is 5.73 Å². The molecule has 2 aromatic heterocycles. The van der Waals surface area contributed by atoms with Crippen LogP contribution in [0.15, 0.2) is 97.6 Å². The number of benzene rings is 4. The number of rotatable bonds is 10. The fraction of sp³-hybridized carbons (Fsp3) is 0.373. The van der Waals surface area contributed by atoms with E-state index < -0.39 is 5.97 Å². The van der Waals surface area contributed by atoms with Gasteiger partial charge in [-0.1, -0.05) is 106 Å². The summed E-state index contributed by atoms with van der Waals surface area (Å²) in [5.41, 5.74) is 13.4. The van der Waals surface area contributed by atoms with Gasteiger partial charge >= 0.3 is 5.97 Å². The van der Waals surface area contributed by atoms with Crippen molar-refractivity contribution in [1.29, 1.82) is 21.0 Å². The van der Waals surface area contributed by atoms with Gasteiger partial charge in [0, 0.05) is 12.5 Å². The van der Waals surface area contributed by atoms with Gasteiger partial charge in [-0.05, 0) is 85.0 Å². The molecule has 3 N–H and O–H groups in total. The lowest BCUT2D eigenvalue weighted by molar-refractivity contribution is -0.137. The normalized spacial score (nSPS) is 16.0. The Labute approximate surface area is 368 Å². The molecule has 12 heteroatoms. The molecule has 0 radical (unpaired) electrons. The number of fused-ring (bicyclic) bond motifs is 2. The number of nitriles is 4. The number of imidazole rings is 2. The average Bonchev–Trinajstić information content (AvgIpc) is 3.93. The van der Waals surface area contributed by atoms with Crippen LogP contribution >= 0.6 is 0 Å². The van der Waals surface area contributed by atoms with Crippen LogP contribution in [0.2, 0.25) is 0 Å². The smallest absolute Gasteiger partial charge is 0.323 e. The number of hydrogen-bond donors (Lipinski definition) is 2. The number of nitrogens with zero attached hydrogens (tertiary/aromatic N) is 8. The number of carbonyl (C=O) groups is 2. The highest BCUT2D eigenvalue weighted by atomic mass is 16.4. The van der Waals surface area contributed by atoms with Crippen molar-refractivity contribution in [3.8, 4) is 24.3 Å². The fourth-order valence-corrected chi connectivity index (χ4v) is 9.01. The van der Waals surface area contributed by atoms with Crippen LogP contribution in [0.3, 0.4) is 0 Å². The third-order valence-electron chi connectivity index (χ3n) is 12.6. The summed E-state index contributed by atoms with van der Waals surface area (Å²) in [6.07, 6.45) is 14.4. The molecule has 320 valence electrons. The molecule has 12 nitrogen and oxygen atoms in total. The second kappa shape index (κ2) is 20.6. The number of carboxylic acids is 1. The molecule has 2 aliphatic rings. The van der Waals surface area contributed by atoms with E-state index in [1.54, 1.807) is 41.2 Å². The molecule has 2 heterocycles. The van der Waals surface area contributed by atoms with Gasteiger partial charge in [-0.3, -0.25) is 9.59 Å². The number of aliphatic carboxylic acids is 1. The minimum absolute atomic E-state index is 0.0634. The molecule has 2 aliphatic carbocycles. The SMILES string of the molecule is CC(CC(=O)Cn1cnc2cccc(C#N)c21)c1ccc(C2(C#N)CCCCC2)cc1.CC(N)c1ccc(C2(C#N)CCCCC2)cc1.N#Cc1cccc2ncn(CC(=O)O)c12. The molecular weight excluding hydrogens is 787 g/mol. The molecule has 8 rings (SSSR count). The van der Waals surface area contributed by atoms with Gasteiger partial charge in [0.05, 0.1) is 75.4 Å². The Morgan fingerprint density at radius 1 is 0.651 bits per heavy atom. The Balaban J connectivity index is 0.000000174. The van der Waals surface area contributed by atoms with Crippen molar-refractivity contribution in [2.75, 3.05) is 0 Å². The van der Waals surface area contributed by atoms with E-state index >= 15 is 0 Å². The van der Waals surface area contributed by atoms with Crippen LogP contribution in [0.25, 0.3) is 22.1 Å². The molecule has 2 atom stereocenters. The maximum atomic E-state index is 12.8. The van der Waals surface area contributed by atoms with E-state index in [1.807, 2.05) is 19.1 Å². The first-order valence-electron chi connectivity index (χ1n) is 21.7. The van der Waals surface area contributed by atoms with Gasteiger partial charge in [-0.2, -0.15) is 21.0 Å². The molecule has 2 saturated carbocycles. The van der Waals surface area contributed by atoms with Crippen LogP contribution in [0.5, 0.6) is 0 Å². The number of carbonyl (C=O) groups excluding carboxylic acids is 1. The number of para-hydroxylation sites is 2. The summed E-state index contributed by atoms with van der Waals surface area (Å²) in [6.45, 7) is 4.06. The van der Waals surface area contributed by atoms with Crippen LogP contribution in [-0.2, 0) is 33.5 Å². The zero-order valence-electron chi connectivity index (χ0n) is 36.0. The highest BCUT2D eigenvalue weighted by molar-refractivity contribution is 5.85. The van der Waals surface area contributed by atoms with E-state index in [2.05, 4.69) is 83.6 Å². The van der Waals surface area contributed by atoms with Crippen LogP contribution in [0.1, 0.15) is 130 Å². The number of aromatic nitrogens is 4. The third kappa shape index (κ3) is 10.5. The van der Waals surface area contributed by atoms with Gasteiger partial charge in [-0.15, -0.1) is 0 Å². The van der Waals surface area contributed by atoms with Crippen LogP contribution in [-0.4, -0.2) is 36.0 Å². The van der Waals surface area contributed by atoms with Gasteiger partial charge in [0.15, 0.2) is 5.78 Å². The predicted octanol–water partition coefficient (Wildman–Crippen LogP) is 9.82. The lowest BCUT2D eigenvalue weighted by Crippen LogP contribution is -2.27. The first-order chi connectivity index (χ1) is 30.5. The summed E-state index contributed by atoms with van der Waals surface area (Å²) in [5, 5.41) is 46.2. The Kier molecular flexibility index (Phi) is 14.9. The van der Waals surface area contributed by atoms with Crippen molar-refractivity contribution in [3.05, 3.63) is 131 Å². The van der Waals surface area contributed by atoms with Gasteiger partial charge in [0.1, 0.15) is 18.7 Å². The monoisotopic (exact) mass is 839 g/mol. The Morgan fingerprint density at radius 2 is 1.08 bits per heavy atom. The Hall–Kier alpha value is -7.12. The zero-order chi connectivity index (χ0) is 45.0. The highest BCUT2D eigenvalue weighted by Gasteiger charge is 2.35. The van der Waals surface area contributed by atoms with E-state index in [9.17, 15) is 25.4 Å². The fourth-order valence-electron chi connectivity index (χ4n) is 9.01. The number of hydrogen-bond acceptors (Lipinski definition) is 9. The summed E-state index contributed by atoms with van der Waals surface area (Å²) in [6, 6.07) is 36.5. The summed E-state index contributed by atoms with van der Waals surface area (Å²) >= 11 is 0. The quantitative estimate of drug-likeness (QED) is 0.133. The van der Waals surface area contributed by atoms with E-state index in [0.29, 0.717) is 34.1 Å². The first-order valence-corrected chi connectivity index (χ1v) is 21.7. The minimum atomic E-state index is -0.956. The average molecular weight is 840 g/mol. The standard InChI is InChI=1S/C26H26N4O.C15H20N2.C10H7N3O2/c1-19(20-8-10-22(11-9-20)26(17-28)12-3-2-4-13-26)14-23(31)16-30-18-29-24-7-5-6-21(15-27)25(24)30;1-12(17)13-5-7-14(8-6-13)15(11-16)9-3-2-4-10-15;11-4-7-2-1-3-8-10(7)13(6-12-8)5-9(14)15/h5-11,18-19H,2-4,12-14,16H2,1H3;5-8,12H,2-4,9-10,17H2,1H3;1-3,6H,5H2,(H,14,15). The molecule has 0 spiro atoms. The van der Waals surface area contributed by atoms with Gasteiger partial charge in [0.25, 0.3) is 0 Å². The third-order valence-corrected chi connectivity index (χ3v) is 12.6. The van der Waals surface area contributed by atoms with Crippen molar-refractivity contribution < 1.29 is 14.7 Å². The Morgan fingerprint density at radius 3 is 1.48 bits per heavy atom. The number of carboxylic acid groups (broad SMARTS) is 1. The largest absolute Gasteiger partial charge is 0.480 e. The topological polar surface area (TPSA) is 211 Å². The van der Waals surface area contributed by atoms with Gasteiger partial charge in [0.2, 0.25) is 0 Å². The summed E-state index contributed by atoms with van der Waals surface area (Å²) in [7, 11) is 0. The number of Topliss-reactive ketones (excluding diaryl/α,β-unsaturated/α-hetero) is 1. The minimum Gasteiger partial charge on any atom is -0.480 e. The molecule has 0 saturated heterocycles. The van der Waals surface area contributed by atoms with E-state index in [4.69, 9.17) is 16.1 Å². The number of ketones is 1. The molecule has 4 aromatic carbocycles. The van der Waals surface area contributed by atoms with E-state index in [1.165, 1.54) is 42.1 Å². The lowest BCUT2D eigenvalue weighted by Gasteiger charge is -2.31. The van der Waals surface area contributed by atoms with Crippen LogP contribution < -0.4 is 5.73 Å². The highest BCUT2D eigenvalue weighted by Crippen LogP contribution is 2.40. The first kappa shape index (κ1) is 45.4. The number of nitrogens with two attached hydrogens (primary N) is 1. The summed E-state index contributed by atoms with van der Waals surface area (Å²) in [5.74, 6) is -0.775. The van der Waals surface area contributed by atoms with Gasteiger partial charge in [-0.25, -0.2) is 9.97 Å². The van der Waals surface area contributed by atoms with Gasteiger partial charge < -0.3 is 20.0 Å². The van der Waals surface area contributed by atoms with Crippen molar-refractivity contribution in [2.45, 2.75) is 120 Å². The zero-order valence-corrected chi connectivity index (χ0v) is 36.0. The molecule has 0 amide bonds. The maximum Gasteiger partial charge on any atom is 0.323 e. The van der Waals surface area contributed by atoms with E-state index in [0.717, 1.165) is 60.7 Å². The predicted molar refractivity (Wildman–Crippen MR) is 241 cm³/mol. The van der Waals surface area contributed by atoms with Crippen LogP contribution in [0.4, 0.5) is 0 Å². The maximum absolute atomic E-state index is 12.8. The molecule has 6 aromatic rings. The Bertz CT molecular complexity index is 2710. The molecule has 63 heavy (non-hydrogen) atoms. The summed E-state index contributed by atoms with van der Waals surface area (Å²) in [4.78, 5) is 31.7. The summed E-state index contributed by atoms with van der Waals surface area (Å²) < 4.78 is 3.22. The second-order valence-electron chi connectivity index (χ2n) is 16.9. The van der Waals surface area contributed by atoms with E-state index in [-0.39, 0.29) is 41.7 Å². The molecular formula is C51H53N9O3. The van der Waals surface area contributed by atoms with Crippen molar-refractivity contribution >= 4 is 33.8 Å². The van der Waals surface area contributed by atoms with Crippen LogP contribution in [0, 0.1) is 45.3 Å². The van der Waals surface area contributed by atoms with Crippen molar-refractivity contribution in [1.82, 2.24) is 19.1 Å². The lowest BCUT2D eigenvalue weighted by atomic mass is 9.70.